The van der Waals surface area contributed by atoms with Gasteiger partial charge in [0.25, 0.3) is 5.69 Å². The molecule has 1 fully saturated rings. The average Bonchev–Trinajstić information content (AvgIpc) is 2.26. The zero-order valence-electron chi connectivity index (χ0n) is 9.91. The van der Waals surface area contributed by atoms with Crippen molar-refractivity contribution >= 4 is 23.1 Å². The molecule has 0 aromatic carbocycles. The molecule has 1 aliphatic rings. The Morgan fingerprint density at radius 1 is 1.61 bits per heavy atom. The van der Waals surface area contributed by atoms with Crippen LogP contribution in [0.25, 0.3) is 0 Å². The third kappa shape index (κ3) is 2.88. The third-order valence-electron chi connectivity index (χ3n) is 3.11. The summed E-state index contributed by atoms with van der Waals surface area (Å²) in [7, 11) is 1.81. The standard InChI is InChI=1S/C11H14ClN3O3/c1-14(6-7-2-9(16)3-7)11-5-8(15(17)18)4-10(12)13-11/h4-5,7,9,16H,2-3,6H2,1H3. The summed E-state index contributed by atoms with van der Waals surface area (Å²) < 4.78 is 0. The van der Waals surface area contributed by atoms with Crippen molar-refractivity contribution in [3.63, 3.8) is 0 Å². The van der Waals surface area contributed by atoms with E-state index in [0.29, 0.717) is 18.3 Å². The molecule has 6 nitrogen and oxygen atoms in total. The zero-order valence-corrected chi connectivity index (χ0v) is 10.7. The van der Waals surface area contributed by atoms with Gasteiger partial charge in [0.15, 0.2) is 0 Å². The van der Waals surface area contributed by atoms with Crippen LogP contribution in [0.1, 0.15) is 12.8 Å². The van der Waals surface area contributed by atoms with Gasteiger partial charge in [0.1, 0.15) is 11.0 Å². The fourth-order valence-corrected chi connectivity index (χ4v) is 2.30. The van der Waals surface area contributed by atoms with E-state index in [0.717, 1.165) is 12.8 Å². The summed E-state index contributed by atoms with van der Waals surface area (Å²) in [6.07, 6.45) is 1.34. The highest BCUT2D eigenvalue weighted by Gasteiger charge is 2.28. The summed E-state index contributed by atoms with van der Waals surface area (Å²) >= 11 is 5.76. The van der Waals surface area contributed by atoms with Gasteiger partial charge in [0, 0.05) is 13.6 Å². The van der Waals surface area contributed by atoms with Gasteiger partial charge in [-0.3, -0.25) is 10.1 Å². The third-order valence-corrected chi connectivity index (χ3v) is 3.30. The Morgan fingerprint density at radius 3 is 2.83 bits per heavy atom. The van der Waals surface area contributed by atoms with Gasteiger partial charge in [-0.2, -0.15) is 0 Å². The maximum atomic E-state index is 10.7. The quantitative estimate of drug-likeness (QED) is 0.514. The van der Waals surface area contributed by atoms with Crippen LogP contribution in [0.15, 0.2) is 12.1 Å². The SMILES string of the molecule is CN(CC1CC(O)C1)c1cc([N+](=O)[O-])cc(Cl)n1. The Kier molecular flexibility index (Phi) is 3.68. The molecular formula is C11H14ClN3O3. The zero-order chi connectivity index (χ0) is 13.3. The fourth-order valence-electron chi connectivity index (χ4n) is 2.10. The van der Waals surface area contributed by atoms with Crippen molar-refractivity contribution in [3.8, 4) is 0 Å². The molecule has 1 aliphatic carbocycles. The van der Waals surface area contributed by atoms with Crippen molar-refractivity contribution in [2.45, 2.75) is 18.9 Å². The number of hydrogen-bond donors (Lipinski definition) is 1. The molecule has 0 bridgehead atoms. The van der Waals surface area contributed by atoms with E-state index in [1.807, 2.05) is 11.9 Å². The van der Waals surface area contributed by atoms with Crippen LogP contribution in [0.5, 0.6) is 0 Å². The Balaban J connectivity index is 2.09. The van der Waals surface area contributed by atoms with E-state index in [1.54, 1.807) is 0 Å². The van der Waals surface area contributed by atoms with Gasteiger partial charge in [-0.25, -0.2) is 4.98 Å². The second kappa shape index (κ2) is 5.07. The number of nitro groups is 1. The van der Waals surface area contributed by atoms with E-state index in [4.69, 9.17) is 11.6 Å². The normalized spacial score (nSPS) is 22.4. The van der Waals surface area contributed by atoms with E-state index in [-0.39, 0.29) is 16.9 Å². The smallest absolute Gasteiger partial charge is 0.276 e. The lowest BCUT2D eigenvalue weighted by atomic mass is 9.82. The van der Waals surface area contributed by atoms with E-state index < -0.39 is 4.92 Å². The van der Waals surface area contributed by atoms with Crippen molar-refractivity contribution in [1.82, 2.24) is 4.98 Å². The molecule has 0 saturated heterocycles. The maximum absolute atomic E-state index is 10.7. The van der Waals surface area contributed by atoms with Crippen LogP contribution in [-0.4, -0.2) is 34.7 Å². The van der Waals surface area contributed by atoms with Crippen molar-refractivity contribution in [2.75, 3.05) is 18.5 Å². The highest BCUT2D eigenvalue weighted by atomic mass is 35.5. The summed E-state index contributed by atoms with van der Waals surface area (Å²) in [4.78, 5) is 16.1. The van der Waals surface area contributed by atoms with Gasteiger partial charge in [-0.15, -0.1) is 0 Å². The van der Waals surface area contributed by atoms with Gasteiger partial charge in [0.2, 0.25) is 0 Å². The first-order chi connectivity index (χ1) is 8.45. The molecule has 0 spiro atoms. The van der Waals surface area contributed by atoms with Gasteiger partial charge >= 0.3 is 0 Å². The predicted molar refractivity (Wildman–Crippen MR) is 67.9 cm³/mol. The van der Waals surface area contributed by atoms with Crippen LogP contribution in [0.3, 0.4) is 0 Å². The summed E-state index contributed by atoms with van der Waals surface area (Å²) in [5, 5.41) is 20.1. The molecule has 1 N–H and O–H groups in total. The average molecular weight is 272 g/mol. The Morgan fingerprint density at radius 2 is 2.28 bits per heavy atom. The van der Waals surface area contributed by atoms with Gasteiger partial charge < -0.3 is 10.0 Å². The topological polar surface area (TPSA) is 79.5 Å². The van der Waals surface area contributed by atoms with Crippen molar-refractivity contribution in [3.05, 3.63) is 27.4 Å². The number of aliphatic hydroxyl groups is 1. The van der Waals surface area contributed by atoms with Gasteiger partial charge in [-0.1, -0.05) is 11.6 Å². The van der Waals surface area contributed by atoms with Crippen molar-refractivity contribution < 1.29 is 10.0 Å². The molecule has 0 atom stereocenters. The maximum Gasteiger partial charge on any atom is 0.276 e. The number of anilines is 1. The summed E-state index contributed by atoms with van der Waals surface area (Å²) in [6.45, 7) is 0.710. The lowest BCUT2D eigenvalue weighted by Gasteiger charge is -2.34. The minimum atomic E-state index is -0.488. The fraction of sp³-hybridized carbons (Fsp3) is 0.545. The molecular weight excluding hydrogens is 258 g/mol. The van der Waals surface area contributed by atoms with Crippen LogP contribution >= 0.6 is 11.6 Å². The highest BCUT2D eigenvalue weighted by molar-refractivity contribution is 6.29. The molecule has 7 heteroatoms. The summed E-state index contributed by atoms with van der Waals surface area (Å²) in [6, 6.07) is 2.63. The van der Waals surface area contributed by atoms with Gasteiger partial charge in [0.05, 0.1) is 23.2 Å². The lowest BCUT2D eigenvalue weighted by molar-refractivity contribution is -0.384. The molecule has 18 heavy (non-hydrogen) atoms. The van der Waals surface area contributed by atoms with Crippen LogP contribution in [0, 0.1) is 16.0 Å². The number of nitrogens with zero attached hydrogens (tertiary/aromatic N) is 3. The molecule has 2 rings (SSSR count). The first-order valence-corrected chi connectivity index (χ1v) is 6.04. The van der Waals surface area contributed by atoms with Crippen LogP contribution in [-0.2, 0) is 0 Å². The summed E-state index contributed by atoms with van der Waals surface area (Å²) in [5.41, 5.74) is -0.0644. The molecule has 0 aliphatic heterocycles. The molecule has 0 radical (unpaired) electrons. The molecule has 98 valence electrons. The molecule has 1 aromatic heterocycles. The Labute approximate surface area is 109 Å². The number of rotatable bonds is 4. The van der Waals surface area contributed by atoms with E-state index in [1.165, 1.54) is 12.1 Å². The first kappa shape index (κ1) is 13.0. The number of hydrogen-bond acceptors (Lipinski definition) is 5. The molecule has 1 saturated carbocycles. The molecule has 1 heterocycles. The Bertz CT molecular complexity index is 463. The number of aromatic nitrogens is 1. The minimum absolute atomic E-state index is 0.0644. The van der Waals surface area contributed by atoms with E-state index in [9.17, 15) is 15.2 Å². The summed E-state index contributed by atoms with van der Waals surface area (Å²) in [5.74, 6) is 0.889. The monoisotopic (exact) mass is 271 g/mol. The van der Waals surface area contributed by atoms with Crippen molar-refractivity contribution in [1.29, 1.82) is 0 Å². The highest BCUT2D eigenvalue weighted by Crippen LogP contribution is 2.30. The van der Waals surface area contributed by atoms with Crippen LogP contribution < -0.4 is 4.90 Å². The lowest BCUT2D eigenvalue weighted by Crippen LogP contribution is -2.37. The molecule has 0 amide bonds. The Hall–Kier alpha value is -1.40. The minimum Gasteiger partial charge on any atom is -0.393 e. The van der Waals surface area contributed by atoms with Crippen LogP contribution in [0.2, 0.25) is 5.15 Å². The number of halogens is 1. The molecule has 1 aromatic rings. The van der Waals surface area contributed by atoms with E-state index in [2.05, 4.69) is 4.98 Å². The number of pyridine rings is 1. The van der Waals surface area contributed by atoms with Crippen molar-refractivity contribution in [2.24, 2.45) is 5.92 Å². The largest absolute Gasteiger partial charge is 0.393 e. The number of aliphatic hydroxyl groups excluding tert-OH is 1. The van der Waals surface area contributed by atoms with Gasteiger partial charge in [-0.05, 0) is 18.8 Å². The second-order valence-corrected chi connectivity index (χ2v) is 5.02. The van der Waals surface area contributed by atoms with E-state index >= 15 is 0 Å². The van der Waals surface area contributed by atoms with Crippen LogP contribution in [0.4, 0.5) is 11.5 Å². The molecule has 0 unspecified atom stereocenters. The predicted octanol–water partition coefficient (Wildman–Crippen LogP) is 1.85. The first-order valence-electron chi connectivity index (χ1n) is 5.67. The second-order valence-electron chi connectivity index (χ2n) is 4.64.